The molecule has 0 unspecified atom stereocenters. The number of rotatable bonds is 6. The largest absolute Gasteiger partial charge is 0.545 e. The molecule has 0 spiro atoms. The van der Waals surface area contributed by atoms with Gasteiger partial charge in [0.1, 0.15) is 5.75 Å². The Morgan fingerprint density at radius 1 is 1.14 bits per heavy atom. The van der Waals surface area contributed by atoms with E-state index in [1.165, 1.54) is 6.07 Å². The quantitative estimate of drug-likeness (QED) is 0.822. The highest BCUT2D eigenvalue weighted by atomic mass is 32.2. The third-order valence-electron chi connectivity index (χ3n) is 2.84. The number of ether oxygens (including phenoxy) is 1. The van der Waals surface area contributed by atoms with E-state index in [0.717, 1.165) is 11.8 Å². The third-order valence-corrected chi connectivity index (χ3v) is 3.91. The SMILES string of the molecule is COc1ccc(NC(=O)CSc2ccccc2C(=O)[O-])cc1. The molecule has 0 saturated heterocycles. The normalized spacial score (nSPS) is 10.0. The molecular weight excluding hydrogens is 302 g/mol. The lowest BCUT2D eigenvalue weighted by molar-refractivity contribution is -0.255. The standard InChI is InChI=1S/C16H15NO4S/c1-21-12-8-6-11(7-9-12)17-15(18)10-22-14-5-3-2-4-13(14)16(19)20/h2-9H,10H2,1H3,(H,17,18)(H,19,20)/p-1. The van der Waals surface area contributed by atoms with Crippen LogP contribution in [-0.4, -0.2) is 24.7 Å². The molecule has 0 aliphatic heterocycles. The van der Waals surface area contributed by atoms with Gasteiger partial charge >= 0.3 is 0 Å². The summed E-state index contributed by atoms with van der Waals surface area (Å²) in [6.45, 7) is 0. The Morgan fingerprint density at radius 3 is 2.45 bits per heavy atom. The topological polar surface area (TPSA) is 78.5 Å². The van der Waals surface area contributed by atoms with Crippen molar-refractivity contribution < 1.29 is 19.4 Å². The molecule has 0 aliphatic rings. The molecule has 0 radical (unpaired) electrons. The molecule has 0 bridgehead atoms. The van der Waals surface area contributed by atoms with Crippen LogP contribution in [0.3, 0.4) is 0 Å². The van der Waals surface area contributed by atoms with Crippen LogP contribution in [0.2, 0.25) is 0 Å². The number of amides is 1. The summed E-state index contributed by atoms with van der Waals surface area (Å²) in [5.41, 5.74) is 0.740. The van der Waals surface area contributed by atoms with Crippen molar-refractivity contribution in [2.24, 2.45) is 0 Å². The van der Waals surface area contributed by atoms with Gasteiger partial charge in [-0.3, -0.25) is 4.79 Å². The van der Waals surface area contributed by atoms with Crippen LogP contribution in [0.15, 0.2) is 53.4 Å². The zero-order valence-electron chi connectivity index (χ0n) is 11.9. The molecule has 6 heteroatoms. The summed E-state index contributed by atoms with van der Waals surface area (Å²) in [6.07, 6.45) is 0. The van der Waals surface area contributed by atoms with Crippen molar-refractivity contribution in [3.05, 3.63) is 54.1 Å². The van der Waals surface area contributed by atoms with Crippen molar-refractivity contribution in [2.45, 2.75) is 4.90 Å². The molecule has 5 nitrogen and oxygen atoms in total. The van der Waals surface area contributed by atoms with E-state index in [-0.39, 0.29) is 17.2 Å². The summed E-state index contributed by atoms with van der Waals surface area (Å²) in [7, 11) is 1.57. The molecule has 1 N–H and O–H groups in total. The lowest BCUT2D eigenvalue weighted by Gasteiger charge is -2.10. The van der Waals surface area contributed by atoms with Crippen molar-refractivity contribution in [3.8, 4) is 5.75 Å². The molecule has 0 aromatic heterocycles. The summed E-state index contributed by atoms with van der Waals surface area (Å²) >= 11 is 1.15. The molecule has 0 atom stereocenters. The molecule has 2 rings (SSSR count). The number of methoxy groups -OCH3 is 1. The Balaban J connectivity index is 1.94. The van der Waals surface area contributed by atoms with Crippen molar-refractivity contribution in [1.82, 2.24) is 0 Å². The van der Waals surface area contributed by atoms with Gasteiger partial charge in [0.2, 0.25) is 5.91 Å². The van der Waals surface area contributed by atoms with Gasteiger partial charge in [-0.15, -0.1) is 11.8 Å². The van der Waals surface area contributed by atoms with Crippen LogP contribution in [0.5, 0.6) is 5.75 Å². The minimum absolute atomic E-state index is 0.0877. The predicted molar refractivity (Wildman–Crippen MR) is 83.1 cm³/mol. The first-order valence-electron chi connectivity index (χ1n) is 6.47. The van der Waals surface area contributed by atoms with Crippen molar-refractivity contribution >= 4 is 29.3 Å². The van der Waals surface area contributed by atoms with E-state index in [0.29, 0.717) is 16.3 Å². The summed E-state index contributed by atoms with van der Waals surface area (Å²) < 4.78 is 5.04. The van der Waals surface area contributed by atoms with Crippen LogP contribution in [0.4, 0.5) is 5.69 Å². The highest BCUT2D eigenvalue weighted by molar-refractivity contribution is 8.00. The van der Waals surface area contributed by atoms with Gasteiger partial charge in [-0.25, -0.2) is 0 Å². The van der Waals surface area contributed by atoms with Crippen LogP contribution in [0, 0.1) is 0 Å². The van der Waals surface area contributed by atoms with E-state index in [2.05, 4.69) is 5.32 Å². The number of nitrogens with one attached hydrogen (secondary N) is 1. The maximum Gasteiger partial charge on any atom is 0.234 e. The minimum atomic E-state index is -1.25. The third kappa shape index (κ3) is 4.26. The molecule has 0 saturated carbocycles. The van der Waals surface area contributed by atoms with Crippen molar-refractivity contribution in [3.63, 3.8) is 0 Å². The molecule has 1 amide bonds. The number of thioether (sulfide) groups is 1. The molecule has 0 aliphatic carbocycles. The second-order valence-electron chi connectivity index (χ2n) is 4.35. The van der Waals surface area contributed by atoms with E-state index in [1.807, 2.05) is 0 Å². The van der Waals surface area contributed by atoms with Crippen LogP contribution >= 0.6 is 11.8 Å². The number of hydrogen-bond donors (Lipinski definition) is 1. The number of carbonyl (C=O) groups excluding carboxylic acids is 2. The molecule has 0 heterocycles. The fourth-order valence-corrected chi connectivity index (χ4v) is 2.62. The van der Waals surface area contributed by atoms with Gasteiger partial charge in [0, 0.05) is 16.1 Å². The second-order valence-corrected chi connectivity index (χ2v) is 5.37. The zero-order valence-corrected chi connectivity index (χ0v) is 12.7. The van der Waals surface area contributed by atoms with Gasteiger partial charge in [0.25, 0.3) is 0 Å². The van der Waals surface area contributed by atoms with Crippen LogP contribution in [-0.2, 0) is 4.79 Å². The van der Waals surface area contributed by atoms with Crippen molar-refractivity contribution in [1.29, 1.82) is 0 Å². The van der Waals surface area contributed by atoms with E-state index in [4.69, 9.17) is 4.74 Å². The molecule has 2 aromatic rings. The maximum atomic E-state index is 11.9. The number of carbonyl (C=O) groups is 2. The summed E-state index contributed by atoms with van der Waals surface area (Å²) in [5.74, 6) is -0.659. The Hall–Kier alpha value is -2.47. The Labute approximate surface area is 132 Å². The number of benzene rings is 2. The fourth-order valence-electron chi connectivity index (χ4n) is 1.78. The fraction of sp³-hybridized carbons (Fsp3) is 0.125. The maximum absolute atomic E-state index is 11.9. The molecule has 0 fully saturated rings. The van der Waals surface area contributed by atoms with Crippen LogP contribution in [0.1, 0.15) is 10.4 Å². The molecular formula is C16H14NO4S-. The molecule has 22 heavy (non-hydrogen) atoms. The summed E-state index contributed by atoms with van der Waals surface area (Å²) in [5, 5.41) is 13.7. The number of carboxylic acid groups (broad SMARTS) is 1. The predicted octanol–water partition coefficient (Wildman–Crippen LogP) is 1.79. The van der Waals surface area contributed by atoms with Gasteiger partial charge in [0.15, 0.2) is 0 Å². The average molecular weight is 316 g/mol. The number of anilines is 1. The first-order chi connectivity index (χ1) is 10.6. The zero-order chi connectivity index (χ0) is 15.9. The Kier molecular flexibility index (Phi) is 5.43. The summed E-state index contributed by atoms with van der Waals surface area (Å²) in [4.78, 5) is 23.4. The van der Waals surface area contributed by atoms with Crippen LogP contribution < -0.4 is 15.2 Å². The first kappa shape index (κ1) is 15.9. The van der Waals surface area contributed by atoms with Gasteiger partial charge in [-0.05, 0) is 30.3 Å². The minimum Gasteiger partial charge on any atom is -0.545 e. The van der Waals surface area contributed by atoms with Gasteiger partial charge in [0.05, 0.1) is 18.8 Å². The Morgan fingerprint density at radius 2 is 1.82 bits per heavy atom. The van der Waals surface area contributed by atoms with Crippen molar-refractivity contribution in [2.75, 3.05) is 18.2 Å². The first-order valence-corrected chi connectivity index (χ1v) is 7.46. The monoisotopic (exact) mass is 316 g/mol. The van der Waals surface area contributed by atoms with E-state index < -0.39 is 5.97 Å². The van der Waals surface area contributed by atoms with Gasteiger partial charge in [-0.2, -0.15) is 0 Å². The Bertz CT molecular complexity index is 670. The van der Waals surface area contributed by atoms with Gasteiger partial charge < -0.3 is 20.0 Å². The average Bonchev–Trinajstić information content (AvgIpc) is 2.54. The number of carboxylic acids is 1. The van der Waals surface area contributed by atoms with Gasteiger partial charge in [-0.1, -0.05) is 18.2 Å². The van der Waals surface area contributed by atoms with Crippen LogP contribution in [0.25, 0.3) is 0 Å². The highest BCUT2D eigenvalue weighted by Crippen LogP contribution is 2.22. The summed E-state index contributed by atoms with van der Waals surface area (Å²) in [6, 6.07) is 13.4. The number of hydrogen-bond acceptors (Lipinski definition) is 5. The number of aromatic carboxylic acids is 1. The van der Waals surface area contributed by atoms with E-state index in [1.54, 1.807) is 49.6 Å². The molecule has 114 valence electrons. The lowest BCUT2D eigenvalue weighted by Crippen LogP contribution is -2.23. The van der Waals surface area contributed by atoms with E-state index in [9.17, 15) is 14.7 Å². The molecule has 2 aromatic carbocycles. The van der Waals surface area contributed by atoms with E-state index >= 15 is 0 Å². The smallest absolute Gasteiger partial charge is 0.234 e. The highest BCUT2D eigenvalue weighted by Gasteiger charge is 2.07. The second kappa shape index (κ2) is 7.51. The lowest BCUT2D eigenvalue weighted by atomic mass is 10.2.